The van der Waals surface area contributed by atoms with Gasteiger partial charge in [-0.05, 0) is 43.7 Å². The second-order valence-corrected chi connectivity index (χ2v) is 5.75. The fourth-order valence-electron chi connectivity index (χ4n) is 2.70. The predicted molar refractivity (Wildman–Crippen MR) is 109 cm³/mol. The highest BCUT2D eigenvalue weighted by Crippen LogP contribution is 2.28. The second-order valence-electron chi connectivity index (χ2n) is 5.75. The van der Waals surface area contributed by atoms with Gasteiger partial charge in [-0.1, -0.05) is 0 Å². The third-order valence-electron chi connectivity index (χ3n) is 4.02. The smallest absolute Gasteiger partial charge is 0.257 e. The largest absolute Gasteiger partial charge is 0.494 e. The Hall–Kier alpha value is -2.35. The van der Waals surface area contributed by atoms with Crippen molar-refractivity contribution in [3.8, 4) is 5.75 Å². The standard InChI is InChI=1S/C18H20N4O3.2ClH/c1-25-16-10-13(21-18(24)15-5-3-9-20-15)6-7-14(16)22-17(23)12-4-2-8-19-11-12;;/h2,4,6-8,10-11,15,20H,3,5,9H2,1H3,(H,21,24)(H,22,23);2*1H. The van der Waals surface area contributed by atoms with Gasteiger partial charge in [0.15, 0.2) is 0 Å². The molecule has 146 valence electrons. The van der Waals surface area contributed by atoms with E-state index in [1.54, 1.807) is 36.5 Å². The van der Waals surface area contributed by atoms with E-state index in [4.69, 9.17) is 4.74 Å². The number of amides is 2. The van der Waals surface area contributed by atoms with Crippen molar-refractivity contribution in [2.75, 3.05) is 24.3 Å². The van der Waals surface area contributed by atoms with Gasteiger partial charge < -0.3 is 20.7 Å². The monoisotopic (exact) mass is 412 g/mol. The molecule has 0 spiro atoms. The molecule has 1 fully saturated rings. The van der Waals surface area contributed by atoms with Crippen LogP contribution in [-0.2, 0) is 4.79 Å². The molecule has 0 saturated carbocycles. The van der Waals surface area contributed by atoms with E-state index in [9.17, 15) is 9.59 Å². The maximum atomic E-state index is 12.2. The predicted octanol–water partition coefficient (Wildman–Crippen LogP) is 2.88. The molecule has 7 nitrogen and oxygen atoms in total. The number of hydrogen-bond acceptors (Lipinski definition) is 5. The number of carbonyl (C=O) groups excluding carboxylic acids is 2. The molecule has 27 heavy (non-hydrogen) atoms. The van der Waals surface area contributed by atoms with Gasteiger partial charge in [0.05, 0.1) is 24.4 Å². The van der Waals surface area contributed by atoms with Crippen molar-refractivity contribution in [2.24, 2.45) is 0 Å². The number of hydrogen-bond donors (Lipinski definition) is 3. The van der Waals surface area contributed by atoms with E-state index < -0.39 is 0 Å². The number of halogens is 2. The molecule has 1 aromatic carbocycles. The van der Waals surface area contributed by atoms with Gasteiger partial charge in [-0.3, -0.25) is 14.6 Å². The summed E-state index contributed by atoms with van der Waals surface area (Å²) >= 11 is 0. The van der Waals surface area contributed by atoms with Crippen LogP contribution in [0.4, 0.5) is 11.4 Å². The van der Waals surface area contributed by atoms with E-state index in [2.05, 4.69) is 20.9 Å². The average molecular weight is 413 g/mol. The topological polar surface area (TPSA) is 92.4 Å². The van der Waals surface area contributed by atoms with Crippen LogP contribution >= 0.6 is 24.8 Å². The number of anilines is 2. The molecule has 1 aromatic heterocycles. The summed E-state index contributed by atoms with van der Waals surface area (Å²) in [6.07, 6.45) is 4.93. The van der Waals surface area contributed by atoms with Gasteiger partial charge in [0, 0.05) is 24.1 Å². The van der Waals surface area contributed by atoms with Gasteiger partial charge in [0.2, 0.25) is 5.91 Å². The number of pyridine rings is 1. The zero-order valence-electron chi connectivity index (χ0n) is 14.7. The number of carbonyl (C=O) groups is 2. The van der Waals surface area contributed by atoms with Crippen LogP contribution in [0, 0.1) is 0 Å². The first-order chi connectivity index (χ1) is 12.2. The Morgan fingerprint density at radius 3 is 2.67 bits per heavy atom. The fraction of sp³-hybridized carbons (Fsp3) is 0.278. The first kappa shape index (κ1) is 22.7. The minimum absolute atomic E-state index is 0. The zero-order chi connectivity index (χ0) is 17.6. The lowest BCUT2D eigenvalue weighted by molar-refractivity contribution is -0.117. The minimum Gasteiger partial charge on any atom is -0.494 e. The maximum Gasteiger partial charge on any atom is 0.257 e. The molecule has 2 aromatic rings. The molecule has 1 aliphatic rings. The zero-order valence-corrected chi connectivity index (χ0v) is 16.4. The highest BCUT2D eigenvalue weighted by molar-refractivity contribution is 6.05. The molecule has 0 bridgehead atoms. The van der Waals surface area contributed by atoms with E-state index in [0.717, 1.165) is 19.4 Å². The summed E-state index contributed by atoms with van der Waals surface area (Å²) in [6.45, 7) is 0.862. The molecule has 1 saturated heterocycles. The quantitative estimate of drug-likeness (QED) is 0.701. The summed E-state index contributed by atoms with van der Waals surface area (Å²) in [5, 5.41) is 8.81. The van der Waals surface area contributed by atoms with Gasteiger partial charge in [-0.2, -0.15) is 0 Å². The molecular formula is C18H22Cl2N4O3. The van der Waals surface area contributed by atoms with Crippen LogP contribution < -0.4 is 20.7 Å². The van der Waals surface area contributed by atoms with Crippen molar-refractivity contribution >= 4 is 48.0 Å². The molecule has 2 amide bonds. The fourth-order valence-corrected chi connectivity index (χ4v) is 2.70. The van der Waals surface area contributed by atoms with Crippen LogP contribution in [0.2, 0.25) is 0 Å². The number of rotatable bonds is 5. The van der Waals surface area contributed by atoms with Crippen molar-refractivity contribution in [2.45, 2.75) is 18.9 Å². The van der Waals surface area contributed by atoms with Crippen molar-refractivity contribution in [3.63, 3.8) is 0 Å². The van der Waals surface area contributed by atoms with E-state index in [1.165, 1.54) is 13.3 Å². The molecular weight excluding hydrogens is 391 g/mol. The lowest BCUT2D eigenvalue weighted by atomic mass is 10.2. The number of methoxy groups -OCH3 is 1. The highest BCUT2D eigenvalue weighted by Gasteiger charge is 2.22. The lowest BCUT2D eigenvalue weighted by Gasteiger charge is -2.14. The van der Waals surface area contributed by atoms with Gasteiger partial charge in [-0.15, -0.1) is 24.8 Å². The third-order valence-corrected chi connectivity index (χ3v) is 4.02. The van der Waals surface area contributed by atoms with E-state index in [1.807, 2.05) is 0 Å². The third kappa shape index (κ3) is 5.82. The number of nitrogens with one attached hydrogen (secondary N) is 3. The molecule has 2 heterocycles. The maximum absolute atomic E-state index is 12.2. The normalized spacial score (nSPS) is 15.1. The summed E-state index contributed by atoms with van der Waals surface area (Å²) in [5.41, 5.74) is 1.59. The van der Waals surface area contributed by atoms with Gasteiger partial charge in [0.25, 0.3) is 5.91 Å². The number of aromatic nitrogens is 1. The molecule has 1 unspecified atom stereocenters. The Morgan fingerprint density at radius 1 is 1.22 bits per heavy atom. The molecule has 0 radical (unpaired) electrons. The number of nitrogens with zero attached hydrogens (tertiary/aromatic N) is 1. The Kier molecular flexibility index (Phi) is 9.00. The molecule has 1 aliphatic heterocycles. The van der Waals surface area contributed by atoms with Crippen LogP contribution in [0.15, 0.2) is 42.7 Å². The molecule has 9 heteroatoms. The van der Waals surface area contributed by atoms with Gasteiger partial charge in [0.1, 0.15) is 5.75 Å². The lowest BCUT2D eigenvalue weighted by Crippen LogP contribution is -2.35. The van der Waals surface area contributed by atoms with Crippen molar-refractivity contribution < 1.29 is 14.3 Å². The van der Waals surface area contributed by atoms with Crippen LogP contribution in [0.5, 0.6) is 5.75 Å². The van der Waals surface area contributed by atoms with Crippen molar-refractivity contribution in [3.05, 3.63) is 48.3 Å². The Morgan fingerprint density at radius 2 is 2.04 bits per heavy atom. The Bertz CT molecular complexity index is 768. The molecule has 3 N–H and O–H groups in total. The van der Waals surface area contributed by atoms with E-state index in [-0.39, 0.29) is 42.7 Å². The number of ether oxygens (including phenoxy) is 1. The SMILES string of the molecule is COc1cc(NC(=O)C2CCCN2)ccc1NC(=O)c1cccnc1.Cl.Cl. The van der Waals surface area contributed by atoms with Crippen molar-refractivity contribution in [1.29, 1.82) is 0 Å². The van der Waals surface area contributed by atoms with Crippen molar-refractivity contribution in [1.82, 2.24) is 10.3 Å². The first-order valence-electron chi connectivity index (χ1n) is 8.11. The summed E-state index contributed by atoms with van der Waals surface area (Å²) in [4.78, 5) is 28.3. The van der Waals surface area contributed by atoms with Crippen LogP contribution in [0.3, 0.4) is 0 Å². The van der Waals surface area contributed by atoms with Gasteiger partial charge >= 0.3 is 0 Å². The second kappa shape index (κ2) is 10.7. The Balaban J connectivity index is 0.00000182. The number of benzene rings is 1. The summed E-state index contributed by atoms with van der Waals surface area (Å²) in [6, 6.07) is 8.33. The Labute approximate surface area is 170 Å². The first-order valence-corrected chi connectivity index (χ1v) is 8.11. The van der Waals surface area contributed by atoms with Crippen LogP contribution in [-0.4, -0.2) is 36.5 Å². The average Bonchev–Trinajstić information content (AvgIpc) is 3.18. The van der Waals surface area contributed by atoms with Gasteiger partial charge in [-0.25, -0.2) is 0 Å². The van der Waals surface area contributed by atoms with Crippen LogP contribution in [0.25, 0.3) is 0 Å². The minimum atomic E-state index is -0.279. The molecule has 0 aliphatic carbocycles. The van der Waals surface area contributed by atoms with E-state index in [0.29, 0.717) is 22.7 Å². The highest BCUT2D eigenvalue weighted by atomic mass is 35.5. The summed E-state index contributed by atoms with van der Waals surface area (Å²) < 4.78 is 5.33. The summed E-state index contributed by atoms with van der Waals surface area (Å²) in [7, 11) is 1.51. The summed E-state index contributed by atoms with van der Waals surface area (Å²) in [5.74, 6) is 0.125. The molecule has 3 rings (SSSR count). The molecule has 1 atom stereocenters. The van der Waals surface area contributed by atoms with E-state index >= 15 is 0 Å². The van der Waals surface area contributed by atoms with Crippen LogP contribution in [0.1, 0.15) is 23.2 Å².